The highest BCUT2D eigenvalue weighted by atomic mass is 16.5. The Morgan fingerprint density at radius 1 is 0.708 bits per heavy atom. The highest BCUT2D eigenvalue weighted by molar-refractivity contribution is 5.78. The number of nitrogens with zero attached hydrogens (tertiary/aromatic N) is 2. The molecule has 4 N–H and O–H groups in total. The van der Waals surface area contributed by atoms with Gasteiger partial charge in [-0.3, -0.25) is 0 Å². The zero-order valence-electron chi connectivity index (χ0n) is 14.3. The maximum atomic E-state index is 5.71. The topological polar surface area (TPSA) is 95.2 Å². The second-order valence-electron chi connectivity index (χ2n) is 5.62. The van der Waals surface area contributed by atoms with Gasteiger partial charge in [0.15, 0.2) is 0 Å². The molecule has 24 heavy (non-hydrogen) atoms. The van der Waals surface area contributed by atoms with E-state index in [1.54, 1.807) is 0 Å². The highest BCUT2D eigenvalue weighted by Gasteiger charge is 2.04. The maximum absolute atomic E-state index is 5.71. The van der Waals surface area contributed by atoms with Gasteiger partial charge in [0, 0.05) is 0 Å². The summed E-state index contributed by atoms with van der Waals surface area (Å²) in [5, 5.41) is 7.47. The Hall–Kier alpha value is -3.02. The Morgan fingerprint density at radius 2 is 1.08 bits per heavy atom. The van der Waals surface area contributed by atoms with Gasteiger partial charge < -0.3 is 20.9 Å². The van der Waals surface area contributed by atoms with Gasteiger partial charge in [-0.25, -0.2) is 0 Å². The van der Waals surface area contributed by atoms with Gasteiger partial charge in [-0.1, -0.05) is 45.6 Å². The highest BCUT2D eigenvalue weighted by Crippen LogP contribution is 2.19. The Kier molecular flexibility index (Phi) is 5.42. The number of nitrogens with two attached hydrogens (primary N) is 2. The predicted molar refractivity (Wildman–Crippen MR) is 96.3 cm³/mol. The maximum Gasteiger partial charge on any atom is 0.311 e. The van der Waals surface area contributed by atoms with Crippen molar-refractivity contribution in [2.24, 2.45) is 21.7 Å². The Labute approximate surface area is 141 Å². The molecule has 0 aliphatic carbocycles. The van der Waals surface area contributed by atoms with E-state index in [1.165, 1.54) is 0 Å². The fourth-order valence-corrected chi connectivity index (χ4v) is 2.19. The summed E-state index contributed by atoms with van der Waals surface area (Å²) in [6.45, 7) is 7.86. The minimum Gasteiger partial charge on any atom is -0.425 e. The molecular formula is C18H22N4O2. The van der Waals surface area contributed by atoms with Crippen LogP contribution in [0.2, 0.25) is 0 Å². The molecule has 0 atom stereocenters. The van der Waals surface area contributed by atoms with Crippen LogP contribution >= 0.6 is 0 Å². The van der Waals surface area contributed by atoms with Gasteiger partial charge in [0.2, 0.25) is 0 Å². The molecule has 0 unspecified atom stereocenters. The monoisotopic (exact) mass is 326 g/mol. The molecule has 0 aromatic heterocycles. The van der Waals surface area contributed by atoms with Gasteiger partial charge in [0.05, 0.1) is 0 Å². The average molecular weight is 326 g/mol. The minimum atomic E-state index is -0.117. The normalized spacial score (nSPS) is 12.2. The molecule has 0 saturated heterocycles. The van der Waals surface area contributed by atoms with Crippen molar-refractivity contribution in [2.75, 3.05) is 0 Å². The zero-order valence-corrected chi connectivity index (χ0v) is 14.3. The molecule has 126 valence electrons. The van der Waals surface area contributed by atoms with Crippen LogP contribution in [0.3, 0.4) is 0 Å². The average Bonchev–Trinajstić information content (AvgIpc) is 2.51. The molecule has 0 amide bonds. The molecule has 2 aromatic rings. The largest absolute Gasteiger partial charge is 0.425 e. The predicted octanol–water partition coefficient (Wildman–Crippen LogP) is 2.92. The SMILES string of the molecule is Cc1ccc(O/C(N)=N/N=C(\N)Oc2ccc(C)cc2C)c(C)c1. The molecular weight excluding hydrogens is 304 g/mol. The van der Waals surface area contributed by atoms with Gasteiger partial charge in [-0.05, 0) is 51.0 Å². The van der Waals surface area contributed by atoms with Crippen molar-refractivity contribution in [1.82, 2.24) is 0 Å². The molecule has 0 heterocycles. The van der Waals surface area contributed by atoms with E-state index in [2.05, 4.69) is 10.2 Å². The molecule has 0 aliphatic rings. The van der Waals surface area contributed by atoms with Crippen LogP contribution in [0.4, 0.5) is 0 Å². The van der Waals surface area contributed by atoms with Crippen molar-refractivity contribution in [1.29, 1.82) is 0 Å². The van der Waals surface area contributed by atoms with E-state index in [-0.39, 0.29) is 12.0 Å². The molecule has 0 aliphatic heterocycles. The first-order valence-corrected chi connectivity index (χ1v) is 7.52. The second-order valence-corrected chi connectivity index (χ2v) is 5.62. The first kappa shape index (κ1) is 17.3. The molecule has 6 heteroatoms. The molecule has 0 saturated carbocycles. The fraction of sp³-hybridized carbons (Fsp3) is 0.222. The van der Waals surface area contributed by atoms with Gasteiger partial charge in [-0.2, -0.15) is 0 Å². The Balaban J connectivity index is 2.05. The number of benzene rings is 2. The minimum absolute atomic E-state index is 0.117. The van der Waals surface area contributed by atoms with Gasteiger partial charge in [0.25, 0.3) is 0 Å². The summed E-state index contributed by atoms with van der Waals surface area (Å²) < 4.78 is 10.9. The molecule has 0 fully saturated rings. The van der Waals surface area contributed by atoms with Crippen molar-refractivity contribution < 1.29 is 9.47 Å². The third kappa shape index (κ3) is 4.74. The van der Waals surface area contributed by atoms with Crippen molar-refractivity contribution >= 4 is 12.0 Å². The van der Waals surface area contributed by atoms with E-state index in [0.717, 1.165) is 22.3 Å². The van der Waals surface area contributed by atoms with Crippen molar-refractivity contribution in [3.63, 3.8) is 0 Å². The quantitative estimate of drug-likeness (QED) is 0.515. The Morgan fingerprint density at radius 3 is 1.42 bits per heavy atom. The van der Waals surface area contributed by atoms with Crippen LogP contribution < -0.4 is 20.9 Å². The lowest BCUT2D eigenvalue weighted by Crippen LogP contribution is -2.23. The van der Waals surface area contributed by atoms with E-state index in [1.807, 2.05) is 64.1 Å². The zero-order chi connectivity index (χ0) is 17.7. The smallest absolute Gasteiger partial charge is 0.311 e. The number of hydrogen-bond donors (Lipinski definition) is 2. The van der Waals surface area contributed by atoms with Crippen LogP contribution in [-0.4, -0.2) is 12.0 Å². The van der Waals surface area contributed by atoms with Crippen LogP contribution in [-0.2, 0) is 0 Å². The van der Waals surface area contributed by atoms with Gasteiger partial charge in [0.1, 0.15) is 11.5 Å². The van der Waals surface area contributed by atoms with Gasteiger partial charge >= 0.3 is 12.0 Å². The van der Waals surface area contributed by atoms with Crippen LogP contribution in [0.25, 0.3) is 0 Å². The summed E-state index contributed by atoms with van der Waals surface area (Å²) >= 11 is 0. The summed E-state index contributed by atoms with van der Waals surface area (Å²) in [5.74, 6) is 1.23. The number of hydrogen-bond acceptors (Lipinski definition) is 4. The van der Waals surface area contributed by atoms with E-state index >= 15 is 0 Å². The van der Waals surface area contributed by atoms with Crippen molar-refractivity contribution in [3.05, 3.63) is 58.7 Å². The molecule has 2 rings (SSSR count). The molecule has 2 aromatic carbocycles. The molecule has 6 nitrogen and oxygen atoms in total. The van der Waals surface area contributed by atoms with Crippen molar-refractivity contribution in [2.45, 2.75) is 27.7 Å². The van der Waals surface area contributed by atoms with Crippen molar-refractivity contribution in [3.8, 4) is 11.5 Å². The van der Waals surface area contributed by atoms with Crippen LogP contribution in [0, 0.1) is 27.7 Å². The summed E-state index contributed by atoms with van der Waals surface area (Å²) in [7, 11) is 0. The number of amidine groups is 2. The van der Waals surface area contributed by atoms with E-state index in [4.69, 9.17) is 20.9 Å². The lowest BCUT2D eigenvalue weighted by molar-refractivity contribution is 0.523. The third-order valence-corrected chi connectivity index (χ3v) is 3.34. The molecule has 0 bridgehead atoms. The Bertz CT molecular complexity index is 730. The molecule has 0 spiro atoms. The second kappa shape index (κ2) is 7.50. The van der Waals surface area contributed by atoms with Gasteiger partial charge in [-0.15, -0.1) is 0 Å². The third-order valence-electron chi connectivity index (χ3n) is 3.34. The standard InChI is InChI=1S/C18H22N4O2/c1-11-5-7-15(13(3)9-11)23-17(19)21-22-18(20)24-16-8-6-12(2)10-14(16)4/h5-10H,1-4H3,(H2,19,21)(H2,20,22). The summed E-state index contributed by atoms with van der Waals surface area (Å²) in [6.07, 6.45) is 0. The summed E-state index contributed by atoms with van der Waals surface area (Å²) in [5.41, 5.74) is 15.6. The molecule has 0 radical (unpaired) electrons. The van der Waals surface area contributed by atoms with E-state index < -0.39 is 0 Å². The van der Waals surface area contributed by atoms with Crippen LogP contribution in [0.5, 0.6) is 11.5 Å². The summed E-state index contributed by atoms with van der Waals surface area (Å²) in [6, 6.07) is 11.3. The first-order chi connectivity index (χ1) is 11.3. The number of ether oxygens (including phenoxy) is 2. The fourth-order valence-electron chi connectivity index (χ4n) is 2.19. The van der Waals surface area contributed by atoms with E-state index in [9.17, 15) is 0 Å². The number of rotatable bonds is 3. The van der Waals surface area contributed by atoms with Crippen LogP contribution in [0.15, 0.2) is 46.6 Å². The lowest BCUT2D eigenvalue weighted by atomic mass is 10.1. The first-order valence-electron chi connectivity index (χ1n) is 7.52. The van der Waals surface area contributed by atoms with E-state index in [0.29, 0.717) is 11.5 Å². The number of aryl methyl sites for hydroxylation is 4. The summed E-state index contributed by atoms with van der Waals surface area (Å²) in [4.78, 5) is 0. The van der Waals surface area contributed by atoms with Crippen LogP contribution in [0.1, 0.15) is 22.3 Å². The lowest BCUT2D eigenvalue weighted by Gasteiger charge is -2.08.